The predicted molar refractivity (Wildman–Crippen MR) is 275 cm³/mol. The largest absolute Gasteiger partial charge is 0.309 e. The summed E-state index contributed by atoms with van der Waals surface area (Å²) in [6, 6.07) is 74.6. The Morgan fingerprint density at radius 1 is 0.409 bits per heavy atom. The topological polar surface area (TPSA) is 3.24 Å². The molecule has 0 radical (unpaired) electrons. The molecular weight excluding hydrogens is 795 g/mol. The predicted octanol–water partition coefficient (Wildman–Crippen LogP) is 17.5. The molecule has 2 spiro atoms. The second kappa shape index (κ2) is 13.9. The molecule has 6 aliphatic carbocycles. The summed E-state index contributed by atoms with van der Waals surface area (Å²) in [6.07, 6.45) is 10.8. The van der Waals surface area contributed by atoms with Gasteiger partial charge in [0, 0.05) is 22.2 Å². The van der Waals surface area contributed by atoms with Crippen molar-refractivity contribution in [2.75, 3.05) is 4.90 Å². The molecule has 9 aromatic carbocycles. The van der Waals surface area contributed by atoms with Crippen LogP contribution in [0.3, 0.4) is 0 Å². The van der Waals surface area contributed by atoms with Crippen LogP contribution in [0.4, 0.5) is 17.1 Å². The molecule has 66 heavy (non-hydrogen) atoms. The SMILES string of the molecule is c1cc(-c2cccc3ccccc23)cc(N(c2ccccc2-c2ccc3c(c2)C2(c4ccccc4-3)C3CC4CC5CC2C453)c2ccccc2-c2cccc3cccc(C4CCCCC4)c23)c1. The van der Waals surface area contributed by atoms with Crippen molar-refractivity contribution < 1.29 is 0 Å². The molecule has 0 aromatic heterocycles. The Balaban J connectivity index is 0.945. The van der Waals surface area contributed by atoms with Crippen LogP contribution in [-0.4, -0.2) is 0 Å². The van der Waals surface area contributed by atoms with E-state index in [1.54, 1.807) is 11.1 Å². The molecule has 0 amide bonds. The molecule has 15 rings (SSSR count). The van der Waals surface area contributed by atoms with Crippen LogP contribution in [0.1, 0.15) is 74.0 Å². The first-order valence-corrected chi connectivity index (χ1v) is 25.1. The monoisotopic (exact) mass is 847 g/mol. The van der Waals surface area contributed by atoms with Crippen LogP contribution in [0.15, 0.2) is 194 Å². The molecular formula is C65H53N. The van der Waals surface area contributed by atoms with Gasteiger partial charge in [-0.1, -0.05) is 183 Å². The highest BCUT2D eigenvalue weighted by atomic mass is 15.1. The average molecular weight is 848 g/mol. The minimum Gasteiger partial charge on any atom is -0.309 e. The Bertz CT molecular complexity index is 3420. The van der Waals surface area contributed by atoms with E-state index >= 15 is 0 Å². The third kappa shape index (κ3) is 4.81. The second-order valence-electron chi connectivity index (χ2n) is 20.9. The quantitative estimate of drug-likeness (QED) is 0.154. The highest BCUT2D eigenvalue weighted by Gasteiger charge is 2.90. The summed E-state index contributed by atoms with van der Waals surface area (Å²) in [7, 11) is 0. The van der Waals surface area contributed by atoms with Crippen molar-refractivity contribution in [1.82, 2.24) is 0 Å². The minimum absolute atomic E-state index is 0.160. The zero-order valence-electron chi connectivity index (χ0n) is 37.5. The number of para-hydroxylation sites is 2. The summed E-state index contributed by atoms with van der Waals surface area (Å²) in [4.78, 5) is 2.60. The van der Waals surface area contributed by atoms with E-state index < -0.39 is 0 Å². The van der Waals surface area contributed by atoms with Crippen molar-refractivity contribution in [2.24, 2.45) is 29.1 Å². The van der Waals surface area contributed by atoms with Gasteiger partial charge in [-0.3, -0.25) is 0 Å². The summed E-state index contributed by atoms with van der Waals surface area (Å²) in [5.74, 6) is 4.14. The molecule has 0 saturated heterocycles. The molecule has 1 heteroatoms. The van der Waals surface area contributed by atoms with E-state index in [0.29, 0.717) is 11.3 Å². The maximum Gasteiger partial charge on any atom is 0.0540 e. The highest BCUT2D eigenvalue weighted by molar-refractivity contribution is 6.05. The number of rotatable bonds is 7. The van der Waals surface area contributed by atoms with Gasteiger partial charge in [0.1, 0.15) is 0 Å². The number of anilines is 3. The average Bonchev–Trinajstić information content (AvgIpc) is 3.66. The van der Waals surface area contributed by atoms with Crippen molar-refractivity contribution in [3.63, 3.8) is 0 Å². The fourth-order valence-corrected chi connectivity index (χ4v) is 16.0. The Morgan fingerprint density at radius 3 is 1.83 bits per heavy atom. The smallest absolute Gasteiger partial charge is 0.0540 e. The summed E-state index contributed by atoms with van der Waals surface area (Å²) in [6.45, 7) is 0. The first-order chi connectivity index (χ1) is 32.7. The standard InChI is InChI=1S/C65H53N/c1-2-16-42(17-3-1)52-29-14-20-43-21-15-30-56(63(43)52)55-27-8-11-33-60(55)66(48-23-12-22-44(36-48)50-28-13-19-41-18-4-5-24-49(41)50)59-32-10-7-25-51(59)45-34-35-54-53-26-6-9-31-57(53)65(58(54)37-45)61-39-46-38-47-40-62(65)64(46,47)61/h4-15,18-37,42,46-47,61-62H,1-3,16-17,38-40H2. The van der Waals surface area contributed by atoms with Crippen molar-refractivity contribution in [2.45, 2.75) is 62.7 Å². The number of benzene rings is 9. The molecule has 0 aliphatic heterocycles. The normalized spacial score (nSPS) is 25.2. The molecule has 0 N–H and O–H groups in total. The number of hydrogen-bond donors (Lipinski definition) is 0. The van der Waals surface area contributed by atoms with Crippen molar-refractivity contribution in [3.8, 4) is 44.5 Å². The van der Waals surface area contributed by atoms with Crippen molar-refractivity contribution in [1.29, 1.82) is 0 Å². The summed E-state index contributed by atoms with van der Waals surface area (Å²) in [5.41, 5.74) is 19.7. The fourth-order valence-electron chi connectivity index (χ4n) is 16.0. The van der Waals surface area contributed by atoms with Crippen LogP contribution >= 0.6 is 0 Å². The summed E-state index contributed by atoms with van der Waals surface area (Å²) >= 11 is 0. The summed E-state index contributed by atoms with van der Waals surface area (Å²) in [5, 5.41) is 5.29. The van der Waals surface area contributed by atoms with Crippen molar-refractivity contribution >= 4 is 38.6 Å². The van der Waals surface area contributed by atoms with Crippen molar-refractivity contribution in [3.05, 3.63) is 211 Å². The first-order valence-electron chi connectivity index (χ1n) is 25.1. The van der Waals surface area contributed by atoms with E-state index in [0.717, 1.165) is 29.4 Å². The highest BCUT2D eigenvalue weighted by Crippen LogP contribution is 2.94. The number of hydrogen-bond acceptors (Lipinski definition) is 1. The fraction of sp³-hybridized carbons (Fsp3) is 0.231. The molecule has 4 atom stereocenters. The molecule has 0 bridgehead atoms. The van der Waals surface area contributed by atoms with Gasteiger partial charge < -0.3 is 4.90 Å². The van der Waals surface area contributed by atoms with E-state index in [2.05, 4.69) is 199 Å². The van der Waals surface area contributed by atoms with Gasteiger partial charge in [0.2, 0.25) is 0 Å². The molecule has 318 valence electrons. The van der Waals surface area contributed by atoms with E-state index in [1.165, 1.54) is 134 Å². The Labute approximate surface area is 388 Å². The zero-order chi connectivity index (χ0) is 43.1. The van der Waals surface area contributed by atoms with Crippen LogP contribution in [0, 0.1) is 29.1 Å². The Kier molecular flexibility index (Phi) is 7.91. The molecule has 9 aromatic rings. The van der Waals surface area contributed by atoms with Gasteiger partial charge in [-0.15, -0.1) is 0 Å². The van der Waals surface area contributed by atoms with Gasteiger partial charge in [-0.25, -0.2) is 0 Å². The Morgan fingerprint density at radius 2 is 1.02 bits per heavy atom. The van der Waals surface area contributed by atoms with Crippen LogP contribution in [0.5, 0.6) is 0 Å². The van der Waals surface area contributed by atoms with Gasteiger partial charge in [0.15, 0.2) is 0 Å². The second-order valence-corrected chi connectivity index (χ2v) is 20.9. The molecule has 5 fully saturated rings. The van der Waals surface area contributed by atoms with Crippen LogP contribution in [-0.2, 0) is 5.41 Å². The minimum atomic E-state index is 0.160. The lowest BCUT2D eigenvalue weighted by Crippen LogP contribution is -2.88. The molecule has 5 saturated carbocycles. The first kappa shape index (κ1) is 37.5. The lowest BCUT2D eigenvalue weighted by molar-refractivity contribution is -0.412. The maximum absolute atomic E-state index is 2.66. The molecule has 0 heterocycles. The van der Waals surface area contributed by atoms with Gasteiger partial charge in [-0.05, 0) is 169 Å². The van der Waals surface area contributed by atoms with Gasteiger partial charge in [0.05, 0.1) is 11.4 Å². The zero-order valence-corrected chi connectivity index (χ0v) is 37.5. The lowest BCUT2D eigenvalue weighted by Gasteiger charge is -2.92. The third-order valence-electron chi connectivity index (χ3n) is 18.5. The van der Waals surface area contributed by atoms with Crippen LogP contribution < -0.4 is 4.90 Å². The third-order valence-corrected chi connectivity index (χ3v) is 18.5. The molecule has 6 aliphatic rings. The van der Waals surface area contributed by atoms with Crippen LogP contribution in [0.2, 0.25) is 0 Å². The lowest BCUT2D eigenvalue weighted by atomic mass is 9.11. The summed E-state index contributed by atoms with van der Waals surface area (Å²) < 4.78 is 0. The van der Waals surface area contributed by atoms with Crippen LogP contribution in [0.25, 0.3) is 66.1 Å². The van der Waals surface area contributed by atoms with E-state index in [4.69, 9.17) is 0 Å². The van der Waals surface area contributed by atoms with E-state index in [9.17, 15) is 0 Å². The Hall–Kier alpha value is -6.70. The van der Waals surface area contributed by atoms with Gasteiger partial charge >= 0.3 is 0 Å². The molecule has 1 nitrogen and oxygen atoms in total. The van der Waals surface area contributed by atoms with Gasteiger partial charge in [-0.2, -0.15) is 0 Å². The van der Waals surface area contributed by atoms with E-state index in [-0.39, 0.29) is 5.41 Å². The van der Waals surface area contributed by atoms with E-state index in [1.807, 2.05) is 0 Å². The van der Waals surface area contributed by atoms with Gasteiger partial charge in [0.25, 0.3) is 0 Å². The maximum atomic E-state index is 2.66. The number of fused-ring (bicyclic) bond motifs is 9. The number of nitrogens with zero attached hydrogens (tertiary/aromatic N) is 1. The molecule has 4 unspecified atom stereocenters.